The molecule has 0 spiro atoms. The molecule has 21 heavy (non-hydrogen) atoms. The van der Waals surface area contributed by atoms with Crippen LogP contribution in [-0.2, 0) is 7.05 Å². The van der Waals surface area contributed by atoms with Crippen molar-refractivity contribution in [2.75, 3.05) is 11.9 Å². The third-order valence-corrected chi connectivity index (χ3v) is 5.09. The molecule has 2 saturated carbocycles. The Labute approximate surface area is 122 Å². The van der Waals surface area contributed by atoms with Gasteiger partial charge in [-0.05, 0) is 30.6 Å². The quantitative estimate of drug-likeness (QED) is 0.744. The molecule has 0 radical (unpaired) electrons. The van der Waals surface area contributed by atoms with Crippen molar-refractivity contribution >= 4 is 17.0 Å². The summed E-state index contributed by atoms with van der Waals surface area (Å²) < 4.78 is 1.86. The highest BCUT2D eigenvalue weighted by molar-refractivity contribution is 5.82. The zero-order valence-electron chi connectivity index (χ0n) is 11.8. The van der Waals surface area contributed by atoms with Crippen LogP contribution in [0.2, 0.25) is 0 Å². The van der Waals surface area contributed by atoms with Gasteiger partial charge in [0.2, 0.25) is 0 Å². The third-order valence-electron chi connectivity index (χ3n) is 5.09. The van der Waals surface area contributed by atoms with Crippen LogP contribution in [0.15, 0.2) is 12.7 Å². The van der Waals surface area contributed by atoms with Gasteiger partial charge >= 0.3 is 0 Å². The topological polar surface area (TPSA) is 96.1 Å². The highest BCUT2D eigenvalue weighted by atomic mass is 16.3. The molecule has 5 atom stereocenters. The van der Waals surface area contributed by atoms with Gasteiger partial charge in [0.05, 0.1) is 18.5 Å². The molecule has 0 amide bonds. The van der Waals surface area contributed by atoms with E-state index in [1.165, 1.54) is 6.33 Å². The van der Waals surface area contributed by atoms with Crippen molar-refractivity contribution in [2.45, 2.75) is 25.0 Å². The maximum absolute atomic E-state index is 10.0. The van der Waals surface area contributed by atoms with Gasteiger partial charge in [-0.25, -0.2) is 15.0 Å². The number of fused-ring (bicyclic) bond motifs is 3. The van der Waals surface area contributed by atoms with E-state index in [0.29, 0.717) is 5.92 Å². The van der Waals surface area contributed by atoms with Crippen molar-refractivity contribution in [2.24, 2.45) is 24.8 Å². The Morgan fingerprint density at radius 3 is 2.86 bits per heavy atom. The number of hydrogen-bond donors (Lipinski definition) is 3. The average Bonchev–Trinajstić information content (AvgIpc) is 3.14. The summed E-state index contributed by atoms with van der Waals surface area (Å²) >= 11 is 0. The molecule has 3 N–H and O–H groups in total. The Morgan fingerprint density at radius 2 is 2.10 bits per heavy atom. The Balaban J connectivity index is 1.50. The molecule has 112 valence electrons. The van der Waals surface area contributed by atoms with Gasteiger partial charge in [-0.3, -0.25) is 0 Å². The van der Waals surface area contributed by atoms with Crippen molar-refractivity contribution in [3.05, 3.63) is 12.7 Å². The molecule has 2 aliphatic rings. The molecular weight excluding hydrogens is 270 g/mol. The standard InChI is InChI=1S/C14H19N5O2/c1-19-6-18-10-13(16-5-17-14(10)19)15-4-8-2-7-3-9(8)12(21)11(7)20/h5-9,11-12,20-21H,2-4H2,1H3,(H,15,16,17)/t7-,8-,9-,11+,12-/m0/s1. The maximum atomic E-state index is 10.0. The van der Waals surface area contributed by atoms with E-state index in [9.17, 15) is 10.2 Å². The lowest BCUT2D eigenvalue weighted by Crippen LogP contribution is -2.38. The SMILES string of the molecule is Cn1cnc2c(NC[C@@H]3C[C@H]4C[C@@H]3[C@H](O)[C@@H]4O)ncnc21. The minimum Gasteiger partial charge on any atom is -0.390 e. The van der Waals surface area contributed by atoms with E-state index in [1.54, 1.807) is 6.33 Å². The minimum absolute atomic E-state index is 0.193. The van der Waals surface area contributed by atoms with Crippen molar-refractivity contribution in [3.8, 4) is 0 Å². The second-order valence-electron chi connectivity index (χ2n) is 6.27. The monoisotopic (exact) mass is 289 g/mol. The zero-order valence-corrected chi connectivity index (χ0v) is 11.8. The van der Waals surface area contributed by atoms with Gasteiger partial charge in [-0.2, -0.15) is 0 Å². The molecule has 2 bridgehead atoms. The van der Waals surface area contributed by atoms with E-state index >= 15 is 0 Å². The zero-order chi connectivity index (χ0) is 14.6. The van der Waals surface area contributed by atoms with Gasteiger partial charge in [0.15, 0.2) is 11.5 Å². The number of nitrogens with one attached hydrogen (secondary N) is 1. The highest BCUT2D eigenvalue weighted by Crippen LogP contribution is 2.48. The number of aliphatic hydroxyl groups excluding tert-OH is 2. The predicted octanol–water partition coefficient (Wildman–Crippen LogP) is 0.153. The summed E-state index contributed by atoms with van der Waals surface area (Å²) in [5, 5.41) is 23.2. The molecule has 0 unspecified atom stereocenters. The van der Waals surface area contributed by atoms with Crippen LogP contribution in [0.5, 0.6) is 0 Å². The van der Waals surface area contributed by atoms with Crippen LogP contribution in [-0.4, -0.2) is 48.5 Å². The number of anilines is 1. The van der Waals surface area contributed by atoms with Crippen LogP contribution in [0, 0.1) is 17.8 Å². The number of aryl methyl sites for hydroxylation is 1. The fraction of sp³-hybridized carbons (Fsp3) is 0.643. The van der Waals surface area contributed by atoms with Crippen LogP contribution in [0.4, 0.5) is 5.82 Å². The van der Waals surface area contributed by atoms with Crippen LogP contribution in [0.1, 0.15) is 12.8 Å². The second kappa shape index (κ2) is 4.64. The van der Waals surface area contributed by atoms with Gasteiger partial charge in [-0.1, -0.05) is 0 Å². The lowest BCUT2D eigenvalue weighted by atomic mass is 9.85. The van der Waals surface area contributed by atoms with Gasteiger partial charge in [0, 0.05) is 13.6 Å². The number of imidazole rings is 1. The molecule has 4 rings (SSSR count). The summed E-state index contributed by atoms with van der Waals surface area (Å²) in [6.45, 7) is 0.744. The number of hydrogen-bond acceptors (Lipinski definition) is 6. The van der Waals surface area contributed by atoms with E-state index in [0.717, 1.165) is 36.4 Å². The summed E-state index contributed by atoms with van der Waals surface area (Å²) in [7, 11) is 1.90. The Morgan fingerprint density at radius 1 is 1.24 bits per heavy atom. The maximum Gasteiger partial charge on any atom is 0.165 e. The van der Waals surface area contributed by atoms with Gasteiger partial charge in [-0.15, -0.1) is 0 Å². The van der Waals surface area contributed by atoms with Crippen molar-refractivity contribution in [1.82, 2.24) is 19.5 Å². The summed E-state index contributed by atoms with van der Waals surface area (Å²) in [4.78, 5) is 12.8. The lowest BCUT2D eigenvalue weighted by molar-refractivity contribution is -0.0317. The first-order chi connectivity index (χ1) is 10.1. The Bertz CT molecular complexity index is 670. The summed E-state index contributed by atoms with van der Waals surface area (Å²) in [5.41, 5.74) is 1.57. The van der Waals surface area contributed by atoms with Gasteiger partial charge in [0.25, 0.3) is 0 Å². The largest absolute Gasteiger partial charge is 0.390 e. The first kappa shape index (κ1) is 13.0. The number of aromatic nitrogens is 4. The van der Waals surface area contributed by atoms with E-state index in [1.807, 2.05) is 11.6 Å². The van der Waals surface area contributed by atoms with Crippen LogP contribution in [0.3, 0.4) is 0 Å². The van der Waals surface area contributed by atoms with Crippen LogP contribution < -0.4 is 5.32 Å². The smallest absolute Gasteiger partial charge is 0.165 e. The highest BCUT2D eigenvalue weighted by Gasteiger charge is 2.51. The van der Waals surface area contributed by atoms with Crippen molar-refractivity contribution < 1.29 is 10.2 Å². The number of nitrogens with zero attached hydrogens (tertiary/aromatic N) is 4. The molecular formula is C14H19N5O2. The molecule has 0 aliphatic heterocycles. The third kappa shape index (κ3) is 1.91. The molecule has 2 aliphatic carbocycles. The van der Waals surface area contributed by atoms with Gasteiger partial charge in [0.1, 0.15) is 11.8 Å². The van der Waals surface area contributed by atoms with Crippen LogP contribution in [0.25, 0.3) is 11.2 Å². The second-order valence-corrected chi connectivity index (χ2v) is 6.27. The first-order valence-corrected chi connectivity index (χ1v) is 7.37. The minimum atomic E-state index is -0.573. The lowest BCUT2D eigenvalue weighted by Gasteiger charge is -2.29. The molecule has 2 heterocycles. The van der Waals surface area contributed by atoms with E-state index in [2.05, 4.69) is 20.3 Å². The van der Waals surface area contributed by atoms with Gasteiger partial charge < -0.3 is 20.1 Å². The van der Waals surface area contributed by atoms with Crippen molar-refractivity contribution in [1.29, 1.82) is 0 Å². The molecule has 7 heteroatoms. The molecule has 0 aromatic carbocycles. The molecule has 2 aromatic rings. The summed E-state index contributed by atoms with van der Waals surface area (Å²) in [6.07, 6.45) is 4.04. The molecule has 0 saturated heterocycles. The fourth-order valence-corrected chi connectivity index (χ4v) is 3.97. The number of aliphatic hydroxyl groups is 2. The molecule has 2 fully saturated rings. The predicted molar refractivity (Wildman–Crippen MR) is 76.5 cm³/mol. The average molecular weight is 289 g/mol. The molecule has 2 aromatic heterocycles. The van der Waals surface area contributed by atoms with Crippen LogP contribution >= 0.6 is 0 Å². The first-order valence-electron chi connectivity index (χ1n) is 7.37. The number of rotatable bonds is 3. The summed E-state index contributed by atoms with van der Waals surface area (Å²) in [5.74, 6) is 1.55. The Hall–Kier alpha value is -1.73. The molecule has 7 nitrogen and oxygen atoms in total. The van der Waals surface area contributed by atoms with Crippen molar-refractivity contribution in [3.63, 3.8) is 0 Å². The van der Waals surface area contributed by atoms with E-state index in [-0.39, 0.29) is 11.8 Å². The normalized spacial score (nSPS) is 34.7. The Kier molecular flexibility index (Phi) is 2.87. The van der Waals surface area contributed by atoms with E-state index in [4.69, 9.17) is 0 Å². The van der Waals surface area contributed by atoms with E-state index < -0.39 is 12.2 Å². The summed E-state index contributed by atoms with van der Waals surface area (Å²) in [6, 6.07) is 0. The fourth-order valence-electron chi connectivity index (χ4n) is 3.97.